The molecule has 4 rings (SSSR count). The highest BCUT2D eigenvalue weighted by Crippen LogP contribution is 2.51. The first-order valence-electron chi connectivity index (χ1n) is 9.71. The van der Waals surface area contributed by atoms with Gasteiger partial charge in [0.15, 0.2) is 11.5 Å². The molecule has 0 radical (unpaired) electrons. The standard InChI is InChI=1S/C24H21NO5S/c1-3-12-30-21-15(10-7-11-17(21)29-2)16-13-18(26)25-20-19(14-8-5-4-6-9-14)23(24(27)28)31-22(16)20/h3-11,16H,1,12-13H2,2H3,(H,25,26)(H,27,28)/t16-/m0/s1. The van der Waals surface area contributed by atoms with E-state index in [1.807, 2.05) is 42.5 Å². The van der Waals surface area contributed by atoms with E-state index in [-0.39, 0.29) is 29.7 Å². The zero-order valence-corrected chi connectivity index (χ0v) is 17.7. The Morgan fingerprint density at radius 2 is 2.03 bits per heavy atom. The van der Waals surface area contributed by atoms with Crippen molar-refractivity contribution in [3.8, 4) is 22.6 Å². The van der Waals surface area contributed by atoms with E-state index in [9.17, 15) is 14.7 Å². The Hall–Kier alpha value is -3.58. The number of hydrogen-bond acceptors (Lipinski definition) is 5. The Kier molecular flexibility index (Phi) is 5.77. The van der Waals surface area contributed by atoms with E-state index in [0.717, 1.165) is 16.0 Å². The Morgan fingerprint density at radius 3 is 2.71 bits per heavy atom. The quantitative estimate of drug-likeness (QED) is 0.501. The summed E-state index contributed by atoms with van der Waals surface area (Å²) in [6.07, 6.45) is 1.81. The van der Waals surface area contributed by atoms with Crippen LogP contribution < -0.4 is 14.8 Å². The fraction of sp³-hybridized carbons (Fsp3) is 0.167. The van der Waals surface area contributed by atoms with E-state index >= 15 is 0 Å². The lowest BCUT2D eigenvalue weighted by Gasteiger charge is -2.26. The van der Waals surface area contributed by atoms with Gasteiger partial charge in [-0.05, 0) is 11.6 Å². The second-order valence-electron chi connectivity index (χ2n) is 7.00. The molecule has 0 bridgehead atoms. The monoisotopic (exact) mass is 435 g/mol. The van der Waals surface area contributed by atoms with Crippen LogP contribution in [0.2, 0.25) is 0 Å². The lowest BCUT2D eigenvalue weighted by Crippen LogP contribution is -2.23. The maximum atomic E-state index is 12.7. The SMILES string of the molecule is C=CCOc1c(OC)cccc1[C@@H]1CC(=O)Nc2c1sc(C(=O)O)c2-c1ccccc1. The van der Waals surface area contributed by atoms with Crippen molar-refractivity contribution in [1.29, 1.82) is 0 Å². The number of ether oxygens (including phenoxy) is 2. The van der Waals surface area contributed by atoms with Crippen LogP contribution in [0.5, 0.6) is 11.5 Å². The number of methoxy groups -OCH3 is 1. The molecule has 0 unspecified atom stereocenters. The van der Waals surface area contributed by atoms with Gasteiger partial charge >= 0.3 is 5.97 Å². The fourth-order valence-electron chi connectivity index (χ4n) is 3.83. The van der Waals surface area contributed by atoms with Crippen LogP contribution >= 0.6 is 11.3 Å². The summed E-state index contributed by atoms with van der Waals surface area (Å²) in [5.74, 6) is -0.492. The zero-order chi connectivity index (χ0) is 22.0. The van der Waals surface area contributed by atoms with Gasteiger partial charge in [0.1, 0.15) is 11.5 Å². The van der Waals surface area contributed by atoms with Gasteiger partial charge in [-0.3, -0.25) is 4.79 Å². The summed E-state index contributed by atoms with van der Waals surface area (Å²) in [6, 6.07) is 14.7. The van der Waals surface area contributed by atoms with Gasteiger partial charge in [0, 0.05) is 28.3 Å². The normalized spacial score (nSPS) is 15.0. The van der Waals surface area contributed by atoms with Crippen LogP contribution in [0.25, 0.3) is 11.1 Å². The topological polar surface area (TPSA) is 84.9 Å². The highest BCUT2D eigenvalue weighted by Gasteiger charge is 2.36. The van der Waals surface area contributed by atoms with Crippen LogP contribution in [0.1, 0.15) is 32.5 Å². The Morgan fingerprint density at radius 1 is 1.26 bits per heavy atom. The number of amides is 1. The number of carboxylic acids is 1. The first kappa shape index (κ1) is 20.7. The van der Waals surface area contributed by atoms with Gasteiger partial charge < -0.3 is 19.9 Å². The molecule has 31 heavy (non-hydrogen) atoms. The van der Waals surface area contributed by atoms with Crippen molar-refractivity contribution < 1.29 is 24.2 Å². The van der Waals surface area contributed by atoms with Crippen LogP contribution in [0.3, 0.4) is 0 Å². The first-order chi connectivity index (χ1) is 15.0. The molecule has 1 amide bonds. The van der Waals surface area contributed by atoms with Crippen molar-refractivity contribution in [3.63, 3.8) is 0 Å². The predicted octanol–water partition coefficient (Wildman–Crippen LogP) is 5.16. The number of carbonyl (C=O) groups excluding carboxylic acids is 1. The van der Waals surface area contributed by atoms with E-state index in [1.54, 1.807) is 19.3 Å². The van der Waals surface area contributed by atoms with Crippen molar-refractivity contribution in [3.05, 3.63) is 76.5 Å². The van der Waals surface area contributed by atoms with E-state index in [0.29, 0.717) is 22.7 Å². The van der Waals surface area contributed by atoms with Gasteiger partial charge in [0.2, 0.25) is 5.91 Å². The minimum atomic E-state index is -1.03. The number of thiophene rings is 1. The number of carboxylic acid groups (broad SMARTS) is 1. The first-order valence-corrected chi connectivity index (χ1v) is 10.5. The van der Waals surface area contributed by atoms with E-state index < -0.39 is 5.97 Å². The highest BCUT2D eigenvalue weighted by molar-refractivity contribution is 7.15. The third-order valence-electron chi connectivity index (χ3n) is 5.11. The predicted molar refractivity (Wildman–Crippen MR) is 120 cm³/mol. The maximum Gasteiger partial charge on any atom is 0.346 e. The number of aromatic carboxylic acids is 1. The summed E-state index contributed by atoms with van der Waals surface area (Å²) in [7, 11) is 1.56. The lowest BCUT2D eigenvalue weighted by atomic mass is 9.88. The molecule has 0 saturated carbocycles. The number of fused-ring (bicyclic) bond motifs is 1. The van der Waals surface area contributed by atoms with E-state index in [2.05, 4.69) is 11.9 Å². The minimum absolute atomic E-state index is 0.179. The van der Waals surface area contributed by atoms with Crippen LogP contribution in [0.4, 0.5) is 5.69 Å². The number of benzene rings is 2. The van der Waals surface area contributed by atoms with Crippen molar-refractivity contribution in [2.24, 2.45) is 0 Å². The van der Waals surface area contributed by atoms with Gasteiger partial charge in [-0.1, -0.05) is 55.1 Å². The number of anilines is 1. The molecule has 7 heteroatoms. The molecule has 1 aliphatic rings. The van der Waals surface area contributed by atoms with E-state index in [4.69, 9.17) is 9.47 Å². The summed E-state index contributed by atoms with van der Waals surface area (Å²) in [5.41, 5.74) is 2.59. The largest absolute Gasteiger partial charge is 0.493 e. The molecule has 1 aliphatic heterocycles. The molecule has 2 heterocycles. The smallest absolute Gasteiger partial charge is 0.346 e. The summed E-state index contributed by atoms with van der Waals surface area (Å²) in [5, 5.41) is 12.8. The molecular formula is C24H21NO5S. The molecule has 6 nitrogen and oxygen atoms in total. The average molecular weight is 436 g/mol. The molecule has 1 aromatic heterocycles. The molecular weight excluding hydrogens is 414 g/mol. The minimum Gasteiger partial charge on any atom is -0.493 e. The zero-order valence-electron chi connectivity index (χ0n) is 16.9. The lowest BCUT2D eigenvalue weighted by molar-refractivity contribution is -0.116. The van der Waals surface area contributed by atoms with Gasteiger partial charge in [-0.2, -0.15) is 0 Å². The Labute approximate surface area is 183 Å². The Balaban J connectivity index is 1.93. The number of carbonyl (C=O) groups is 2. The van der Waals surface area contributed by atoms with Crippen molar-refractivity contribution in [1.82, 2.24) is 0 Å². The number of rotatable bonds is 7. The number of hydrogen-bond donors (Lipinski definition) is 2. The summed E-state index contributed by atoms with van der Waals surface area (Å²) < 4.78 is 11.4. The Bertz CT molecular complexity index is 1150. The number of para-hydroxylation sites is 1. The second-order valence-corrected chi connectivity index (χ2v) is 8.05. The third kappa shape index (κ3) is 3.80. The fourth-order valence-corrected chi connectivity index (χ4v) is 5.07. The van der Waals surface area contributed by atoms with Crippen molar-refractivity contribution >= 4 is 28.9 Å². The van der Waals surface area contributed by atoms with Crippen molar-refractivity contribution in [2.75, 3.05) is 19.0 Å². The molecule has 0 fully saturated rings. The second kappa shape index (κ2) is 8.65. The molecule has 1 atom stereocenters. The van der Waals surface area contributed by atoms with Gasteiger partial charge in [0.25, 0.3) is 0 Å². The molecule has 0 saturated heterocycles. The summed E-state index contributed by atoms with van der Waals surface area (Å²) in [4.78, 5) is 25.8. The summed E-state index contributed by atoms with van der Waals surface area (Å²) >= 11 is 1.19. The summed E-state index contributed by atoms with van der Waals surface area (Å²) in [6.45, 7) is 3.97. The van der Waals surface area contributed by atoms with Crippen LogP contribution in [0, 0.1) is 0 Å². The molecule has 2 N–H and O–H groups in total. The third-order valence-corrected chi connectivity index (χ3v) is 6.40. The number of nitrogens with one attached hydrogen (secondary N) is 1. The van der Waals surface area contributed by atoms with Crippen molar-refractivity contribution in [2.45, 2.75) is 12.3 Å². The molecule has 158 valence electrons. The van der Waals surface area contributed by atoms with Crippen LogP contribution in [-0.4, -0.2) is 30.7 Å². The maximum absolute atomic E-state index is 12.7. The molecule has 0 aliphatic carbocycles. The van der Waals surface area contributed by atoms with Gasteiger partial charge in [-0.25, -0.2) is 4.79 Å². The van der Waals surface area contributed by atoms with Crippen LogP contribution in [-0.2, 0) is 4.79 Å². The molecule has 3 aromatic rings. The average Bonchev–Trinajstić information content (AvgIpc) is 3.17. The van der Waals surface area contributed by atoms with Gasteiger partial charge in [0.05, 0.1) is 12.8 Å². The van der Waals surface area contributed by atoms with Crippen LogP contribution in [0.15, 0.2) is 61.2 Å². The van der Waals surface area contributed by atoms with E-state index in [1.165, 1.54) is 11.3 Å². The van der Waals surface area contributed by atoms with Gasteiger partial charge in [-0.15, -0.1) is 11.3 Å². The molecule has 2 aromatic carbocycles. The molecule has 0 spiro atoms. The highest BCUT2D eigenvalue weighted by atomic mass is 32.1.